The molecular weight excluding hydrogens is 359 g/mol. The highest BCUT2D eigenvalue weighted by molar-refractivity contribution is 9.10. The second-order valence-electron chi connectivity index (χ2n) is 4.56. The maximum atomic E-state index is 14.2. The molecule has 2 aromatic rings. The Morgan fingerprint density at radius 2 is 2.14 bits per heavy atom. The number of halogens is 3. The lowest BCUT2D eigenvalue weighted by atomic mass is 9.99. The van der Waals surface area contributed by atoms with Gasteiger partial charge in [-0.05, 0) is 41.8 Å². The van der Waals surface area contributed by atoms with Gasteiger partial charge in [0, 0.05) is 9.50 Å². The van der Waals surface area contributed by atoms with Crippen molar-refractivity contribution in [2.45, 2.75) is 12.5 Å². The second kappa shape index (κ2) is 7.22. The SMILES string of the molecule is COc1cccc(CC(NN)c2cc(Cl)cc(Br)c2)c1F. The molecule has 3 N–H and O–H groups in total. The summed E-state index contributed by atoms with van der Waals surface area (Å²) in [6.07, 6.45) is 0.381. The van der Waals surface area contributed by atoms with Gasteiger partial charge in [0.15, 0.2) is 11.6 Å². The molecule has 0 fully saturated rings. The highest BCUT2D eigenvalue weighted by atomic mass is 79.9. The van der Waals surface area contributed by atoms with Crippen molar-refractivity contribution in [3.8, 4) is 5.75 Å². The normalized spacial score (nSPS) is 12.2. The third-order valence-corrected chi connectivity index (χ3v) is 3.85. The maximum absolute atomic E-state index is 14.2. The smallest absolute Gasteiger partial charge is 0.168 e. The largest absolute Gasteiger partial charge is 0.494 e. The van der Waals surface area contributed by atoms with Gasteiger partial charge in [0.1, 0.15) is 0 Å². The van der Waals surface area contributed by atoms with Gasteiger partial charge in [-0.1, -0.05) is 39.7 Å². The minimum absolute atomic E-state index is 0.218. The first-order valence-corrected chi connectivity index (χ1v) is 7.45. The molecule has 0 bridgehead atoms. The summed E-state index contributed by atoms with van der Waals surface area (Å²) in [7, 11) is 1.44. The van der Waals surface area contributed by atoms with Crippen LogP contribution < -0.4 is 16.0 Å². The number of methoxy groups -OCH3 is 1. The fraction of sp³-hybridized carbons (Fsp3) is 0.200. The van der Waals surface area contributed by atoms with E-state index in [9.17, 15) is 4.39 Å². The van der Waals surface area contributed by atoms with Crippen LogP contribution in [0.5, 0.6) is 5.75 Å². The highest BCUT2D eigenvalue weighted by Crippen LogP contribution is 2.28. The number of rotatable bonds is 5. The van der Waals surface area contributed by atoms with Gasteiger partial charge in [-0.15, -0.1) is 0 Å². The fourth-order valence-electron chi connectivity index (χ4n) is 2.14. The summed E-state index contributed by atoms with van der Waals surface area (Å²) in [5.74, 6) is 5.46. The molecule has 0 spiro atoms. The highest BCUT2D eigenvalue weighted by Gasteiger charge is 2.16. The Balaban J connectivity index is 2.31. The first-order valence-electron chi connectivity index (χ1n) is 6.28. The van der Waals surface area contributed by atoms with Crippen molar-refractivity contribution in [1.82, 2.24) is 5.43 Å². The van der Waals surface area contributed by atoms with E-state index in [0.717, 1.165) is 10.0 Å². The van der Waals surface area contributed by atoms with E-state index in [2.05, 4.69) is 21.4 Å². The van der Waals surface area contributed by atoms with Gasteiger partial charge in [-0.2, -0.15) is 0 Å². The maximum Gasteiger partial charge on any atom is 0.168 e. The van der Waals surface area contributed by atoms with E-state index in [1.165, 1.54) is 7.11 Å². The lowest BCUT2D eigenvalue weighted by Gasteiger charge is -2.18. The molecule has 0 aliphatic carbocycles. The van der Waals surface area contributed by atoms with Crippen LogP contribution in [0, 0.1) is 5.82 Å². The van der Waals surface area contributed by atoms with E-state index in [1.807, 2.05) is 6.07 Å². The van der Waals surface area contributed by atoms with E-state index in [0.29, 0.717) is 17.0 Å². The van der Waals surface area contributed by atoms with Crippen LogP contribution in [0.25, 0.3) is 0 Å². The molecule has 0 aromatic heterocycles. The molecule has 3 nitrogen and oxygen atoms in total. The summed E-state index contributed by atoms with van der Waals surface area (Å²) in [6.45, 7) is 0. The van der Waals surface area contributed by atoms with Crippen LogP contribution in [0.15, 0.2) is 40.9 Å². The zero-order valence-corrected chi connectivity index (χ0v) is 13.7. The van der Waals surface area contributed by atoms with Crippen LogP contribution in [0.1, 0.15) is 17.2 Å². The van der Waals surface area contributed by atoms with Gasteiger partial charge in [-0.25, -0.2) is 4.39 Å². The van der Waals surface area contributed by atoms with Crippen LogP contribution >= 0.6 is 27.5 Å². The van der Waals surface area contributed by atoms with E-state index in [4.69, 9.17) is 22.2 Å². The zero-order chi connectivity index (χ0) is 15.4. The average molecular weight is 374 g/mol. The Hall–Kier alpha value is -1.14. The molecule has 6 heteroatoms. The molecule has 0 saturated heterocycles. The number of hydrogen-bond donors (Lipinski definition) is 2. The molecule has 112 valence electrons. The van der Waals surface area contributed by atoms with Crippen molar-refractivity contribution in [2.24, 2.45) is 5.84 Å². The van der Waals surface area contributed by atoms with Gasteiger partial charge in [0.25, 0.3) is 0 Å². The summed E-state index contributed by atoms with van der Waals surface area (Å²) >= 11 is 9.43. The van der Waals surface area contributed by atoms with Crippen molar-refractivity contribution in [2.75, 3.05) is 7.11 Å². The molecule has 1 unspecified atom stereocenters. The molecular formula is C15H15BrClFN2O. The first kappa shape index (κ1) is 16.2. The summed E-state index contributed by atoms with van der Waals surface area (Å²) in [6, 6.07) is 10.3. The van der Waals surface area contributed by atoms with E-state index >= 15 is 0 Å². The van der Waals surface area contributed by atoms with Crippen molar-refractivity contribution in [1.29, 1.82) is 0 Å². The number of benzene rings is 2. The Kier molecular flexibility index (Phi) is 5.58. The number of nitrogens with one attached hydrogen (secondary N) is 1. The van der Waals surface area contributed by atoms with E-state index < -0.39 is 0 Å². The zero-order valence-electron chi connectivity index (χ0n) is 11.4. The summed E-state index contributed by atoms with van der Waals surface area (Å²) in [4.78, 5) is 0. The van der Waals surface area contributed by atoms with Crippen LogP contribution in [-0.4, -0.2) is 7.11 Å². The lowest BCUT2D eigenvalue weighted by Crippen LogP contribution is -2.29. The molecule has 2 rings (SSSR count). The van der Waals surface area contributed by atoms with Gasteiger partial charge in [0.2, 0.25) is 0 Å². The minimum Gasteiger partial charge on any atom is -0.494 e. The summed E-state index contributed by atoms with van der Waals surface area (Å²) < 4.78 is 20.0. The molecule has 21 heavy (non-hydrogen) atoms. The molecule has 0 amide bonds. The topological polar surface area (TPSA) is 47.3 Å². The molecule has 1 atom stereocenters. The first-order chi connectivity index (χ1) is 10.0. The summed E-state index contributed by atoms with van der Waals surface area (Å²) in [5.41, 5.74) is 4.09. The number of hydrazine groups is 1. The van der Waals surface area contributed by atoms with Crippen LogP contribution in [0.2, 0.25) is 5.02 Å². The van der Waals surface area contributed by atoms with E-state index in [1.54, 1.807) is 30.3 Å². The molecule has 0 saturated carbocycles. The molecule has 0 radical (unpaired) electrons. The summed E-state index contributed by atoms with van der Waals surface area (Å²) in [5, 5.41) is 0.589. The predicted octanol–water partition coefficient (Wildman–Crippen LogP) is 4.00. The Morgan fingerprint density at radius 3 is 2.76 bits per heavy atom. The fourth-order valence-corrected chi connectivity index (χ4v) is 3.03. The van der Waals surface area contributed by atoms with Crippen LogP contribution in [-0.2, 0) is 6.42 Å². The van der Waals surface area contributed by atoms with Crippen molar-refractivity contribution >= 4 is 27.5 Å². The third kappa shape index (κ3) is 3.95. The lowest BCUT2D eigenvalue weighted by molar-refractivity contribution is 0.382. The number of nitrogens with two attached hydrogens (primary N) is 1. The Morgan fingerprint density at radius 1 is 1.38 bits per heavy atom. The van der Waals surface area contributed by atoms with Crippen molar-refractivity contribution in [3.05, 3.63) is 62.8 Å². The molecule has 0 aliphatic heterocycles. The quantitative estimate of drug-likeness (QED) is 0.615. The van der Waals surface area contributed by atoms with Gasteiger partial charge in [0.05, 0.1) is 13.2 Å². The second-order valence-corrected chi connectivity index (χ2v) is 5.91. The monoisotopic (exact) mass is 372 g/mol. The molecule has 0 aliphatic rings. The Labute approximate surface area is 136 Å². The van der Waals surface area contributed by atoms with Crippen molar-refractivity contribution < 1.29 is 9.13 Å². The van der Waals surface area contributed by atoms with Gasteiger partial charge < -0.3 is 4.74 Å². The number of ether oxygens (including phenoxy) is 1. The van der Waals surface area contributed by atoms with Gasteiger partial charge in [-0.3, -0.25) is 11.3 Å². The molecule has 2 aromatic carbocycles. The van der Waals surface area contributed by atoms with Crippen LogP contribution in [0.4, 0.5) is 4.39 Å². The van der Waals surface area contributed by atoms with Crippen molar-refractivity contribution in [3.63, 3.8) is 0 Å². The third-order valence-electron chi connectivity index (χ3n) is 3.18. The Bertz CT molecular complexity index is 619. The van der Waals surface area contributed by atoms with Crippen LogP contribution in [0.3, 0.4) is 0 Å². The minimum atomic E-state index is -0.374. The van der Waals surface area contributed by atoms with E-state index in [-0.39, 0.29) is 17.6 Å². The number of hydrogen-bond acceptors (Lipinski definition) is 3. The van der Waals surface area contributed by atoms with Gasteiger partial charge >= 0.3 is 0 Å². The average Bonchev–Trinajstić information content (AvgIpc) is 2.45. The molecule has 0 heterocycles. The standard InChI is InChI=1S/C15H15BrClFN2O/c1-21-14-4-2-3-9(15(14)18)7-13(20-19)10-5-11(16)8-12(17)6-10/h2-6,8,13,20H,7,19H2,1H3. The predicted molar refractivity (Wildman–Crippen MR) is 85.9 cm³/mol.